The van der Waals surface area contributed by atoms with E-state index in [9.17, 15) is 18.8 Å². The molecule has 0 bridgehead atoms. The monoisotopic (exact) mass is 612 g/mol. The van der Waals surface area contributed by atoms with Crippen molar-refractivity contribution in [3.05, 3.63) is 100.0 Å². The molecule has 45 heavy (non-hydrogen) atoms. The van der Waals surface area contributed by atoms with Crippen LogP contribution in [0.3, 0.4) is 0 Å². The number of pyridine rings is 2. The molecule has 3 aromatic carbocycles. The molecule has 0 unspecified atom stereocenters. The van der Waals surface area contributed by atoms with Gasteiger partial charge in [0, 0.05) is 29.3 Å². The van der Waals surface area contributed by atoms with E-state index < -0.39 is 34.4 Å². The van der Waals surface area contributed by atoms with E-state index in [4.69, 9.17) is 25.7 Å². The van der Waals surface area contributed by atoms with Crippen LogP contribution in [0.2, 0.25) is 0 Å². The lowest BCUT2D eigenvalue weighted by Crippen LogP contribution is -2.33. The number of rotatable bonds is 9. The van der Waals surface area contributed by atoms with Gasteiger partial charge in [-0.1, -0.05) is 12.1 Å². The molecule has 10 nitrogen and oxygen atoms in total. The number of ether oxygens (including phenoxy) is 3. The van der Waals surface area contributed by atoms with E-state index in [1.54, 1.807) is 18.2 Å². The molecule has 1 aliphatic rings. The van der Waals surface area contributed by atoms with Crippen LogP contribution in [0.4, 0.5) is 8.78 Å². The zero-order valence-electron chi connectivity index (χ0n) is 24.1. The predicted octanol–water partition coefficient (Wildman–Crippen LogP) is 5.35. The molecule has 228 valence electrons. The number of halogens is 2. The maximum Gasteiger partial charge on any atom is 0.266 e. The van der Waals surface area contributed by atoms with Crippen molar-refractivity contribution in [2.45, 2.75) is 18.9 Å². The van der Waals surface area contributed by atoms with Gasteiger partial charge >= 0.3 is 0 Å². The zero-order valence-corrected chi connectivity index (χ0v) is 24.1. The molecule has 0 aliphatic heterocycles. The first-order valence-electron chi connectivity index (χ1n) is 13.8. The van der Waals surface area contributed by atoms with Crippen LogP contribution in [0, 0.1) is 11.6 Å². The third kappa shape index (κ3) is 5.20. The number of primary amides is 2. The summed E-state index contributed by atoms with van der Waals surface area (Å²) in [6, 6.07) is 13.3. The summed E-state index contributed by atoms with van der Waals surface area (Å²) in [6.07, 6.45) is 2.70. The van der Waals surface area contributed by atoms with E-state index in [1.165, 1.54) is 49.2 Å². The highest BCUT2D eigenvalue weighted by Gasteiger charge is 2.36. The van der Waals surface area contributed by atoms with Crippen molar-refractivity contribution in [3.8, 4) is 45.4 Å². The smallest absolute Gasteiger partial charge is 0.266 e. The standard InChI is InChI=1S/C33H26F2N4O6/c1-43-25-14-20-22(15-26(25)44-2)38-12-11-23(20)45-24-10-5-17(13-21(24)35)29-28(32(36)41)31(40)27(16-3-6-18(34)7-4-16)30(33(37)42)39(29)19-8-9-19/h3-7,10-15,19H,8-9H2,1-2H3,(H2,36,41)(H2,37,42). The first-order chi connectivity index (χ1) is 21.6. The van der Waals surface area contributed by atoms with E-state index in [-0.39, 0.29) is 45.6 Å². The van der Waals surface area contributed by atoms with Crippen LogP contribution in [-0.4, -0.2) is 35.6 Å². The van der Waals surface area contributed by atoms with Gasteiger partial charge in [-0.05, 0) is 60.9 Å². The number of fused-ring (bicyclic) bond motifs is 1. The fraction of sp³-hybridized carbons (Fsp3) is 0.152. The minimum absolute atomic E-state index is 0.0497. The Morgan fingerprint density at radius 1 is 0.844 bits per heavy atom. The second kappa shape index (κ2) is 11.4. The normalized spacial score (nSPS) is 12.6. The van der Waals surface area contributed by atoms with Crippen LogP contribution in [0.15, 0.2) is 71.7 Å². The summed E-state index contributed by atoms with van der Waals surface area (Å²) in [5, 5.41) is 0.527. The molecule has 4 N–H and O–H groups in total. The molecular weight excluding hydrogens is 586 g/mol. The van der Waals surface area contributed by atoms with Gasteiger partial charge in [0.2, 0.25) is 5.43 Å². The molecule has 1 fully saturated rings. The van der Waals surface area contributed by atoms with Gasteiger partial charge in [-0.3, -0.25) is 19.4 Å². The number of nitrogens with two attached hydrogens (primary N) is 2. The van der Waals surface area contributed by atoms with Crippen LogP contribution in [0.1, 0.15) is 39.7 Å². The Morgan fingerprint density at radius 3 is 2.11 bits per heavy atom. The minimum atomic E-state index is -1.09. The highest BCUT2D eigenvalue weighted by molar-refractivity contribution is 6.05. The van der Waals surface area contributed by atoms with Crippen LogP contribution in [0.25, 0.3) is 33.3 Å². The van der Waals surface area contributed by atoms with Crippen molar-refractivity contribution in [1.82, 2.24) is 9.55 Å². The molecule has 2 amide bonds. The van der Waals surface area contributed by atoms with Crippen molar-refractivity contribution < 1.29 is 32.6 Å². The van der Waals surface area contributed by atoms with E-state index in [2.05, 4.69) is 4.98 Å². The van der Waals surface area contributed by atoms with Gasteiger partial charge < -0.3 is 30.2 Å². The van der Waals surface area contributed by atoms with Gasteiger partial charge in [0.15, 0.2) is 23.1 Å². The van der Waals surface area contributed by atoms with Gasteiger partial charge in [-0.25, -0.2) is 8.78 Å². The van der Waals surface area contributed by atoms with Crippen molar-refractivity contribution in [3.63, 3.8) is 0 Å². The molecule has 5 aromatic rings. The molecule has 2 heterocycles. The summed E-state index contributed by atoms with van der Waals surface area (Å²) in [6.45, 7) is 0. The number of hydrogen-bond acceptors (Lipinski definition) is 7. The Balaban J connectivity index is 1.52. The number of nitrogens with zero attached hydrogens (tertiary/aromatic N) is 2. The van der Waals surface area contributed by atoms with Crippen LogP contribution >= 0.6 is 0 Å². The Hall–Kier alpha value is -5.78. The van der Waals surface area contributed by atoms with Crippen molar-refractivity contribution in [2.24, 2.45) is 11.5 Å². The first-order valence-corrected chi connectivity index (χ1v) is 13.8. The maximum absolute atomic E-state index is 15.8. The van der Waals surface area contributed by atoms with Gasteiger partial charge in [-0.2, -0.15) is 0 Å². The Bertz CT molecular complexity index is 2070. The molecule has 0 saturated heterocycles. The summed E-state index contributed by atoms with van der Waals surface area (Å²) in [5.41, 5.74) is 10.6. The number of methoxy groups -OCH3 is 2. The molecule has 0 spiro atoms. The van der Waals surface area contributed by atoms with Crippen LogP contribution < -0.4 is 31.1 Å². The third-order valence-corrected chi connectivity index (χ3v) is 7.57. The average Bonchev–Trinajstić information content (AvgIpc) is 3.86. The lowest BCUT2D eigenvalue weighted by atomic mass is 9.95. The number of amides is 2. The highest BCUT2D eigenvalue weighted by Crippen LogP contribution is 2.43. The summed E-state index contributed by atoms with van der Waals surface area (Å²) in [4.78, 5) is 43.9. The van der Waals surface area contributed by atoms with Gasteiger partial charge in [0.05, 0.1) is 31.0 Å². The molecule has 0 radical (unpaired) electrons. The SMILES string of the molecule is COc1cc2nccc(Oc3ccc(-c4c(C(N)=O)c(=O)c(-c5ccc(F)cc5)c(C(N)=O)n4C4CC4)cc3F)c2cc1OC. The van der Waals surface area contributed by atoms with E-state index in [1.807, 2.05) is 0 Å². The highest BCUT2D eigenvalue weighted by atomic mass is 19.1. The van der Waals surface area contributed by atoms with E-state index >= 15 is 4.39 Å². The van der Waals surface area contributed by atoms with Crippen molar-refractivity contribution >= 4 is 22.7 Å². The molecule has 0 atom stereocenters. The molecule has 2 aromatic heterocycles. The van der Waals surface area contributed by atoms with E-state index in [0.717, 1.165) is 18.2 Å². The number of benzene rings is 3. The lowest BCUT2D eigenvalue weighted by molar-refractivity contribution is 0.0980. The van der Waals surface area contributed by atoms with Crippen LogP contribution in [0.5, 0.6) is 23.0 Å². The maximum atomic E-state index is 15.8. The Kier molecular flexibility index (Phi) is 7.41. The Labute approximate surface area is 254 Å². The van der Waals surface area contributed by atoms with Gasteiger partial charge in [-0.15, -0.1) is 0 Å². The molecule has 1 saturated carbocycles. The lowest BCUT2D eigenvalue weighted by Gasteiger charge is -2.23. The summed E-state index contributed by atoms with van der Waals surface area (Å²) >= 11 is 0. The topological polar surface area (TPSA) is 149 Å². The summed E-state index contributed by atoms with van der Waals surface area (Å²) < 4.78 is 47.6. The Morgan fingerprint density at radius 2 is 1.51 bits per heavy atom. The average molecular weight is 613 g/mol. The quantitative estimate of drug-likeness (QED) is 0.228. The second-order valence-electron chi connectivity index (χ2n) is 10.4. The third-order valence-electron chi connectivity index (χ3n) is 7.57. The molecule has 1 aliphatic carbocycles. The van der Waals surface area contributed by atoms with Gasteiger partial charge in [0.25, 0.3) is 11.8 Å². The fourth-order valence-electron chi connectivity index (χ4n) is 5.41. The molecule has 6 rings (SSSR count). The van der Waals surface area contributed by atoms with Crippen LogP contribution in [-0.2, 0) is 0 Å². The molecular formula is C33H26F2N4O6. The van der Waals surface area contributed by atoms with E-state index in [0.29, 0.717) is 35.2 Å². The molecule has 12 heteroatoms. The fourth-order valence-corrected chi connectivity index (χ4v) is 5.41. The summed E-state index contributed by atoms with van der Waals surface area (Å²) in [7, 11) is 2.98. The van der Waals surface area contributed by atoms with Crippen molar-refractivity contribution in [1.29, 1.82) is 0 Å². The largest absolute Gasteiger partial charge is 0.493 e. The number of hydrogen-bond donors (Lipinski definition) is 2. The second-order valence-corrected chi connectivity index (χ2v) is 10.4. The zero-order chi connectivity index (χ0) is 32.0. The minimum Gasteiger partial charge on any atom is -0.493 e. The first kappa shape index (κ1) is 29.3. The number of carbonyl (C=O) groups excluding carboxylic acids is 2. The number of aromatic nitrogens is 2. The summed E-state index contributed by atoms with van der Waals surface area (Å²) in [5.74, 6) is -2.44. The van der Waals surface area contributed by atoms with Crippen molar-refractivity contribution in [2.75, 3.05) is 14.2 Å². The van der Waals surface area contributed by atoms with Gasteiger partial charge in [0.1, 0.15) is 22.8 Å². The number of carbonyl (C=O) groups is 2. The predicted molar refractivity (Wildman–Crippen MR) is 162 cm³/mol.